The lowest BCUT2D eigenvalue weighted by atomic mass is 10.1. The van der Waals surface area contributed by atoms with Crippen LogP contribution in [0.4, 0.5) is 5.69 Å². The molecule has 0 aliphatic carbocycles. The van der Waals surface area contributed by atoms with Crippen LogP contribution < -0.4 is 9.64 Å². The van der Waals surface area contributed by atoms with E-state index in [1.54, 1.807) is 0 Å². The minimum Gasteiger partial charge on any atom is -0.492 e. The Hall–Kier alpha value is -2.01. The zero-order chi connectivity index (χ0) is 18.4. The van der Waals surface area contributed by atoms with Gasteiger partial charge in [-0.3, -0.25) is 4.79 Å². The number of halogens is 1. The van der Waals surface area contributed by atoms with Crippen LogP contribution in [0.5, 0.6) is 5.75 Å². The Morgan fingerprint density at radius 2 is 1.85 bits per heavy atom. The van der Waals surface area contributed by atoms with E-state index in [4.69, 9.17) is 4.74 Å². The molecule has 1 saturated heterocycles. The molecule has 2 aromatic carbocycles. The van der Waals surface area contributed by atoms with Crippen LogP contribution in [0, 0.1) is 0 Å². The average molecular weight is 417 g/mol. The van der Waals surface area contributed by atoms with Crippen LogP contribution in [-0.4, -0.2) is 43.6 Å². The van der Waals surface area contributed by atoms with Gasteiger partial charge in [-0.05, 0) is 43.2 Å². The molecule has 0 N–H and O–H groups in total. The molecule has 1 amide bonds. The van der Waals surface area contributed by atoms with Gasteiger partial charge in [-0.2, -0.15) is 0 Å². The van der Waals surface area contributed by atoms with Crippen molar-refractivity contribution in [2.75, 3.05) is 37.7 Å². The lowest BCUT2D eigenvalue weighted by Crippen LogP contribution is -2.49. The van der Waals surface area contributed by atoms with Crippen LogP contribution in [0.1, 0.15) is 18.9 Å². The molecule has 1 aliphatic rings. The lowest BCUT2D eigenvalue weighted by molar-refractivity contribution is -0.131. The highest BCUT2D eigenvalue weighted by atomic mass is 79.9. The van der Waals surface area contributed by atoms with Gasteiger partial charge in [-0.15, -0.1) is 0 Å². The predicted molar refractivity (Wildman–Crippen MR) is 109 cm³/mol. The van der Waals surface area contributed by atoms with Crippen LogP contribution >= 0.6 is 15.9 Å². The molecular weight excluding hydrogens is 392 g/mol. The highest BCUT2D eigenvalue weighted by molar-refractivity contribution is 9.10. The van der Waals surface area contributed by atoms with Gasteiger partial charge in [-0.25, -0.2) is 0 Å². The SMILES string of the molecule is CCOc1ccccc1N1CCN(C(=O)CCc2cccc(Br)c2)CC1. The predicted octanol–water partition coefficient (Wildman–Crippen LogP) is 4.13. The summed E-state index contributed by atoms with van der Waals surface area (Å²) in [5, 5.41) is 0. The first-order chi connectivity index (χ1) is 12.7. The number of hydrogen-bond acceptors (Lipinski definition) is 3. The molecule has 0 saturated carbocycles. The summed E-state index contributed by atoms with van der Waals surface area (Å²) in [6, 6.07) is 16.3. The van der Waals surface area contributed by atoms with E-state index in [9.17, 15) is 4.79 Å². The number of anilines is 1. The number of rotatable bonds is 6. The molecule has 1 aliphatic heterocycles. The standard InChI is InChI=1S/C21H25BrN2O2/c1-2-26-20-9-4-3-8-19(20)23-12-14-24(15-13-23)21(25)11-10-17-6-5-7-18(22)16-17/h3-9,16H,2,10-15H2,1H3. The van der Waals surface area contributed by atoms with Gasteiger partial charge in [0.1, 0.15) is 5.75 Å². The largest absolute Gasteiger partial charge is 0.492 e. The van der Waals surface area contributed by atoms with E-state index in [0.717, 1.165) is 48.5 Å². The van der Waals surface area contributed by atoms with Crippen LogP contribution in [0.25, 0.3) is 0 Å². The zero-order valence-corrected chi connectivity index (χ0v) is 16.7. The van der Waals surface area contributed by atoms with E-state index in [1.807, 2.05) is 42.2 Å². The normalized spacial score (nSPS) is 14.4. The fourth-order valence-electron chi connectivity index (χ4n) is 3.29. The number of carbonyl (C=O) groups is 1. The molecule has 138 valence electrons. The summed E-state index contributed by atoms with van der Waals surface area (Å²) in [5.41, 5.74) is 2.31. The van der Waals surface area contributed by atoms with Crippen molar-refractivity contribution in [3.05, 3.63) is 58.6 Å². The van der Waals surface area contributed by atoms with Gasteiger partial charge in [0.05, 0.1) is 12.3 Å². The number of aryl methyl sites for hydroxylation is 1. The van der Waals surface area contributed by atoms with Gasteiger partial charge in [0, 0.05) is 37.1 Å². The molecular formula is C21H25BrN2O2. The van der Waals surface area contributed by atoms with Gasteiger partial charge in [0.2, 0.25) is 5.91 Å². The Kier molecular flexibility index (Phi) is 6.56. The van der Waals surface area contributed by atoms with Gasteiger partial charge in [0.25, 0.3) is 0 Å². The Morgan fingerprint density at radius 1 is 1.08 bits per heavy atom. The molecule has 0 atom stereocenters. The molecule has 2 aromatic rings. The highest BCUT2D eigenvalue weighted by Gasteiger charge is 2.22. The van der Waals surface area contributed by atoms with Crippen LogP contribution in [0.2, 0.25) is 0 Å². The maximum absolute atomic E-state index is 12.5. The van der Waals surface area contributed by atoms with Crippen molar-refractivity contribution in [2.45, 2.75) is 19.8 Å². The summed E-state index contributed by atoms with van der Waals surface area (Å²) < 4.78 is 6.79. The molecule has 5 heteroatoms. The minimum absolute atomic E-state index is 0.239. The van der Waals surface area contributed by atoms with Crippen molar-refractivity contribution >= 4 is 27.5 Å². The van der Waals surface area contributed by atoms with Crippen molar-refractivity contribution in [2.24, 2.45) is 0 Å². The molecule has 0 bridgehead atoms. The molecule has 3 rings (SSSR count). The van der Waals surface area contributed by atoms with E-state index in [2.05, 4.69) is 39.0 Å². The van der Waals surface area contributed by atoms with Crippen LogP contribution in [0.3, 0.4) is 0 Å². The minimum atomic E-state index is 0.239. The molecule has 1 fully saturated rings. The number of para-hydroxylation sites is 2. The number of piperazine rings is 1. The summed E-state index contributed by atoms with van der Waals surface area (Å²) in [5.74, 6) is 1.16. The fraction of sp³-hybridized carbons (Fsp3) is 0.381. The van der Waals surface area contributed by atoms with E-state index in [1.165, 1.54) is 5.56 Å². The van der Waals surface area contributed by atoms with Gasteiger partial charge in [0.15, 0.2) is 0 Å². The number of hydrogen-bond donors (Lipinski definition) is 0. The Balaban J connectivity index is 1.52. The van der Waals surface area contributed by atoms with Crippen LogP contribution in [-0.2, 0) is 11.2 Å². The first-order valence-electron chi connectivity index (χ1n) is 9.16. The second-order valence-corrected chi connectivity index (χ2v) is 7.31. The molecule has 1 heterocycles. The van der Waals surface area contributed by atoms with E-state index < -0.39 is 0 Å². The summed E-state index contributed by atoms with van der Waals surface area (Å²) in [6.07, 6.45) is 1.34. The number of benzene rings is 2. The van der Waals surface area contributed by atoms with Crippen molar-refractivity contribution in [3.8, 4) is 5.75 Å². The fourth-order valence-corrected chi connectivity index (χ4v) is 3.74. The third-order valence-corrected chi connectivity index (χ3v) is 5.15. The average Bonchev–Trinajstić information content (AvgIpc) is 2.67. The lowest BCUT2D eigenvalue weighted by Gasteiger charge is -2.36. The molecule has 0 radical (unpaired) electrons. The topological polar surface area (TPSA) is 32.8 Å². The van der Waals surface area contributed by atoms with Crippen molar-refractivity contribution in [3.63, 3.8) is 0 Å². The van der Waals surface area contributed by atoms with Gasteiger partial charge < -0.3 is 14.5 Å². The van der Waals surface area contributed by atoms with Crippen LogP contribution in [0.15, 0.2) is 53.0 Å². The van der Waals surface area contributed by atoms with Crippen molar-refractivity contribution in [1.29, 1.82) is 0 Å². The Labute approximate surface area is 163 Å². The van der Waals surface area contributed by atoms with Gasteiger partial charge >= 0.3 is 0 Å². The quantitative estimate of drug-likeness (QED) is 0.709. The summed E-state index contributed by atoms with van der Waals surface area (Å²) in [4.78, 5) is 16.8. The second-order valence-electron chi connectivity index (χ2n) is 6.40. The summed E-state index contributed by atoms with van der Waals surface area (Å²) >= 11 is 3.48. The maximum atomic E-state index is 12.5. The monoisotopic (exact) mass is 416 g/mol. The number of carbonyl (C=O) groups excluding carboxylic acids is 1. The van der Waals surface area contributed by atoms with Crippen molar-refractivity contribution in [1.82, 2.24) is 4.90 Å². The Bertz CT molecular complexity index is 742. The third kappa shape index (κ3) is 4.79. The first kappa shape index (κ1) is 18.8. The summed E-state index contributed by atoms with van der Waals surface area (Å²) in [7, 11) is 0. The summed E-state index contributed by atoms with van der Waals surface area (Å²) in [6.45, 7) is 5.86. The number of ether oxygens (including phenoxy) is 1. The van der Waals surface area contributed by atoms with Gasteiger partial charge in [-0.1, -0.05) is 40.2 Å². The third-order valence-electron chi connectivity index (χ3n) is 4.65. The molecule has 0 spiro atoms. The molecule has 26 heavy (non-hydrogen) atoms. The first-order valence-corrected chi connectivity index (χ1v) is 9.95. The maximum Gasteiger partial charge on any atom is 0.223 e. The smallest absolute Gasteiger partial charge is 0.223 e. The van der Waals surface area contributed by atoms with E-state index in [0.29, 0.717) is 13.0 Å². The van der Waals surface area contributed by atoms with E-state index >= 15 is 0 Å². The molecule has 4 nitrogen and oxygen atoms in total. The number of amides is 1. The molecule has 0 unspecified atom stereocenters. The number of nitrogens with zero attached hydrogens (tertiary/aromatic N) is 2. The highest BCUT2D eigenvalue weighted by Crippen LogP contribution is 2.28. The van der Waals surface area contributed by atoms with Crippen molar-refractivity contribution < 1.29 is 9.53 Å². The zero-order valence-electron chi connectivity index (χ0n) is 15.2. The second kappa shape index (κ2) is 9.08. The van der Waals surface area contributed by atoms with E-state index in [-0.39, 0.29) is 5.91 Å². The molecule has 0 aromatic heterocycles. The Morgan fingerprint density at radius 3 is 2.58 bits per heavy atom.